The molecule has 0 aromatic heterocycles. The van der Waals surface area contributed by atoms with Crippen LogP contribution in [0.1, 0.15) is 11.1 Å². The summed E-state index contributed by atoms with van der Waals surface area (Å²) in [5.74, 6) is 1.30. The number of aliphatic hydroxyl groups is 1. The van der Waals surface area contributed by atoms with Gasteiger partial charge in [0.25, 0.3) is 0 Å². The van der Waals surface area contributed by atoms with Crippen LogP contribution in [0.4, 0.5) is 0 Å². The van der Waals surface area contributed by atoms with Gasteiger partial charge in [0.1, 0.15) is 11.5 Å². The Bertz CT molecular complexity index is 603. The molecular weight excluding hydrogens is 306 g/mol. The molecule has 3 nitrogen and oxygen atoms in total. The summed E-state index contributed by atoms with van der Waals surface area (Å²) >= 11 is 3.35. The zero-order valence-corrected chi connectivity index (χ0v) is 11.7. The number of nitrogens with zero attached hydrogens (tertiary/aromatic N) is 1. The number of hydrogen-bond donors (Lipinski definition) is 1. The van der Waals surface area contributed by atoms with E-state index in [1.165, 1.54) is 0 Å². The molecule has 96 valence electrons. The molecule has 0 fully saturated rings. The lowest BCUT2D eigenvalue weighted by Gasteiger charge is -2.10. The van der Waals surface area contributed by atoms with Crippen LogP contribution in [0, 0.1) is 11.3 Å². The van der Waals surface area contributed by atoms with E-state index < -0.39 is 0 Å². The fourth-order valence-electron chi connectivity index (χ4n) is 1.66. The van der Waals surface area contributed by atoms with Gasteiger partial charge in [0.15, 0.2) is 0 Å². The minimum atomic E-state index is -0.0821. The highest BCUT2D eigenvalue weighted by molar-refractivity contribution is 9.10. The Morgan fingerprint density at radius 3 is 2.53 bits per heavy atom. The molecule has 0 unspecified atom stereocenters. The van der Waals surface area contributed by atoms with Crippen LogP contribution in [0.5, 0.6) is 11.5 Å². The molecule has 0 aliphatic carbocycles. The van der Waals surface area contributed by atoms with Gasteiger partial charge in [-0.1, -0.05) is 28.1 Å². The molecule has 1 N–H and O–H groups in total. The minimum absolute atomic E-state index is 0.0821. The Morgan fingerprint density at radius 2 is 1.89 bits per heavy atom. The van der Waals surface area contributed by atoms with Crippen LogP contribution < -0.4 is 4.74 Å². The van der Waals surface area contributed by atoms with Crippen molar-refractivity contribution < 1.29 is 9.84 Å². The van der Waals surface area contributed by atoms with Crippen LogP contribution in [0.15, 0.2) is 46.9 Å². The van der Waals surface area contributed by atoms with Crippen LogP contribution in [0.3, 0.4) is 0 Å². The number of nitriles is 1. The molecule has 0 aliphatic heterocycles. The summed E-state index contributed by atoms with van der Waals surface area (Å²) < 4.78 is 6.62. The van der Waals surface area contributed by atoms with Crippen LogP contribution in [0.25, 0.3) is 0 Å². The van der Waals surface area contributed by atoms with E-state index in [1.807, 2.05) is 36.4 Å². The third-order valence-corrected chi connectivity index (χ3v) is 3.12. The summed E-state index contributed by atoms with van der Waals surface area (Å²) in [6.45, 7) is -0.0821. The summed E-state index contributed by atoms with van der Waals surface area (Å²) in [5, 5.41) is 17.9. The maximum atomic E-state index is 9.30. The Hall–Kier alpha value is -1.83. The quantitative estimate of drug-likeness (QED) is 0.933. The third-order valence-electron chi connectivity index (χ3n) is 2.63. The van der Waals surface area contributed by atoms with E-state index in [9.17, 15) is 5.11 Å². The van der Waals surface area contributed by atoms with E-state index in [4.69, 9.17) is 10.00 Å². The van der Waals surface area contributed by atoms with Crippen molar-refractivity contribution in [2.24, 2.45) is 0 Å². The summed E-state index contributed by atoms with van der Waals surface area (Å²) in [6, 6.07) is 14.9. The summed E-state index contributed by atoms with van der Waals surface area (Å²) in [6.07, 6.45) is 0.389. The van der Waals surface area contributed by atoms with Gasteiger partial charge >= 0.3 is 0 Å². The lowest BCUT2D eigenvalue weighted by molar-refractivity contribution is 0.276. The number of ether oxygens (including phenoxy) is 1. The van der Waals surface area contributed by atoms with Gasteiger partial charge in [-0.3, -0.25) is 0 Å². The summed E-state index contributed by atoms with van der Waals surface area (Å²) in [7, 11) is 0. The third kappa shape index (κ3) is 3.57. The molecule has 0 saturated carbocycles. The molecule has 2 aromatic rings. The normalized spacial score (nSPS) is 9.95. The number of aliphatic hydroxyl groups excluding tert-OH is 1. The predicted octanol–water partition coefficient (Wildman–Crippen LogP) is 3.80. The van der Waals surface area contributed by atoms with E-state index in [0.717, 1.165) is 15.6 Å². The first kappa shape index (κ1) is 13.6. The van der Waals surface area contributed by atoms with Gasteiger partial charge in [0, 0.05) is 10.0 Å². The summed E-state index contributed by atoms with van der Waals surface area (Å²) in [4.78, 5) is 0. The molecule has 0 radical (unpaired) electrons. The standard InChI is InChI=1S/C15H12BrNO2/c16-13-3-6-15(12(9-13)10-18)19-14-4-1-11(2-5-14)7-8-17/h1-6,9,18H,7,10H2. The molecule has 2 rings (SSSR count). The van der Waals surface area contributed by atoms with E-state index in [-0.39, 0.29) is 6.61 Å². The van der Waals surface area contributed by atoms with Crippen molar-refractivity contribution in [1.29, 1.82) is 5.26 Å². The van der Waals surface area contributed by atoms with Crippen LogP contribution in [0.2, 0.25) is 0 Å². The first-order valence-corrected chi connectivity index (χ1v) is 6.55. The van der Waals surface area contributed by atoms with Crippen molar-refractivity contribution in [2.45, 2.75) is 13.0 Å². The second kappa shape index (κ2) is 6.37. The Kier molecular flexibility index (Phi) is 4.56. The van der Waals surface area contributed by atoms with Gasteiger partial charge in [0.05, 0.1) is 19.1 Å². The Morgan fingerprint density at radius 1 is 1.16 bits per heavy atom. The average molecular weight is 318 g/mol. The minimum Gasteiger partial charge on any atom is -0.457 e. The zero-order chi connectivity index (χ0) is 13.7. The molecule has 0 bridgehead atoms. The van der Waals surface area contributed by atoms with Crippen molar-refractivity contribution >= 4 is 15.9 Å². The van der Waals surface area contributed by atoms with Gasteiger partial charge in [-0.25, -0.2) is 0 Å². The molecule has 4 heteroatoms. The van der Waals surface area contributed by atoms with Crippen LogP contribution >= 0.6 is 15.9 Å². The highest BCUT2D eigenvalue weighted by Crippen LogP contribution is 2.28. The second-order valence-electron chi connectivity index (χ2n) is 3.99. The monoisotopic (exact) mass is 317 g/mol. The molecular formula is C15H12BrNO2. The van der Waals surface area contributed by atoms with Crippen molar-refractivity contribution in [2.75, 3.05) is 0 Å². The average Bonchev–Trinajstić information content (AvgIpc) is 2.43. The fourth-order valence-corrected chi connectivity index (χ4v) is 2.07. The largest absolute Gasteiger partial charge is 0.457 e. The molecule has 0 spiro atoms. The Balaban J connectivity index is 2.19. The molecule has 0 amide bonds. The van der Waals surface area contributed by atoms with Crippen molar-refractivity contribution in [3.8, 4) is 17.6 Å². The van der Waals surface area contributed by atoms with Crippen molar-refractivity contribution in [1.82, 2.24) is 0 Å². The smallest absolute Gasteiger partial charge is 0.133 e. The highest BCUT2D eigenvalue weighted by Gasteiger charge is 2.05. The molecule has 0 saturated heterocycles. The van der Waals surface area contributed by atoms with Crippen molar-refractivity contribution in [3.05, 3.63) is 58.1 Å². The lowest BCUT2D eigenvalue weighted by atomic mass is 10.1. The second-order valence-corrected chi connectivity index (χ2v) is 4.91. The highest BCUT2D eigenvalue weighted by atomic mass is 79.9. The zero-order valence-electron chi connectivity index (χ0n) is 10.1. The molecule has 0 aliphatic rings. The Labute approximate surface area is 120 Å². The number of rotatable bonds is 4. The van der Waals surface area contributed by atoms with E-state index in [0.29, 0.717) is 17.9 Å². The molecule has 0 heterocycles. The van der Waals surface area contributed by atoms with Crippen molar-refractivity contribution in [3.63, 3.8) is 0 Å². The van der Waals surface area contributed by atoms with E-state index in [2.05, 4.69) is 22.0 Å². The van der Waals surface area contributed by atoms with E-state index >= 15 is 0 Å². The summed E-state index contributed by atoms with van der Waals surface area (Å²) in [5.41, 5.74) is 1.67. The fraction of sp³-hybridized carbons (Fsp3) is 0.133. The molecule has 19 heavy (non-hydrogen) atoms. The van der Waals surface area contributed by atoms with Gasteiger partial charge in [-0.05, 0) is 35.9 Å². The predicted molar refractivity (Wildman–Crippen MR) is 75.9 cm³/mol. The van der Waals surface area contributed by atoms with Crippen LogP contribution in [-0.4, -0.2) is 5.11 Å². The number of halogens is 1. The maximum Gasteiger partial charge on any atom is 0.133 e. The van der Waals surface area contributed by atoms with Gasteiger partial charge < -0.3 is 9.84 Å². The van der Waals surface area contributed by atoms with E-state index in [1.54, 1.807) is 6.07 Å². The van der Waals surface area contributed by atoms with Crippen LogP contribution in [-0.2, 0) is 13.0 Å². The molecule has 0 atom stereocenters. The van der Waals surface area contributed by atoms with Gasteiger partial charge in [-0.2, -0.15) is 5.26 Å². The first-order valence-electron chi connectivity index (χ1n) is 5.76. The number of benzene rings is 2. The SMILES string of the molecule is N#CCc1ccc(Oc2ccc(Br)cc2CO)cc1. The van der Waals surface area contributed by atoms with Gasteiger partial charge in [0.2, 0.25) is 0 Å². The maximum absolute atomic E-state index is 9.30. The van der Waals surface area contributed by atoms with Gasteiger partial charge in [-0.15, -0.1) is 0 Å². The first-order chi connectivity index (χ1) is 9.22. The number of hydrogen-bond acceptors (Lipinski definition) is 3. The topological polar surface area (TPSA) is 53.2 Å². The lowest BCUT2D eigenvalue weighted by Crippen LogP contribution is -1.92. The molecule has 2 aromatic carbocycles.